The molecule has 1 aromatic heterocycles. The molecular formula is C10H15N3. The largest absolute Gasteiger partial charge is 0.332 e. The molecule has 0 unspecified atom stereocenters. The van der Waals surface area contributed by atoms with Crippen LogP contribution in [0.4, 0.5) is 0 Å². The summed E-state index contributed by atoms with van der Waals surface area (Å²) in [6.07, 6.45) is 5.98. The first kappa shape index (κ1) is 7.56. The number of hydrogen-bond acceptors (Lipinski definition) is 2. The van der Waals surface area contributed by atoms with E-state index < -0.39 is 0 Å². The zero-order chi connectivity index (χ0) is 8.67. The number of rotatable bonds is 1. The van der Waals surface area contributed by atoms with Crippen molar-refractivity contribution in [3.63, 3.8) is 0 Å². The standard InChI is InChI=1S/C10H15N3/c1-2-4-13-9(3-1)7-12-10(13)8-5-11-6-8/h7-8,11H,1-6H2. The molecule has 0 saturated carbocycles. The number of nitrogens with zero attached hydrogens (tertiary/aromatic N) is 2. The summed E-state index contributed by atoms with van der Waals surface area (Å²) in [5.74, 6) is 2.01. The Hall–Kier alpha value is -0.830. The van der Waals surface area contributed by atoms with Gasteiger partial charge in [0, 0.05) is 37.4 Å². The van der Waals surface area contributed by atoms with Gasteiger partial charge in [-0.25, -0.2) is 4.98 Å². The molecule has 0 atom stereocenters. The molecule has 70 valence electrons. The van der Waals surface area contributed by atoms with Crippen molar-refractivity contribution < 1.29 is 0 Å². The van der Waals surface area contributed by atoms with E-state index in [0.717, 1.165) is 13.1 Å². The molecule has 3 heteroatoms. The molecule has 3 rings (SSSR count). The minimum atomic E-state index is 0.687. The first-order valence-electron chi connectivity index (χ1n) is 5.20. The summed E-state index contributed by atoms with van der Waals surface area (Å²) in [5.41, 5.74) is 1.45. The summed E-state index contributed by atoms with van der Waals surface area (Å²) in [7, 11) is 0. The van der Waals surface area contributed by atoms with Crippen molar-refractivity contribution in [2.75, 3.05) is 13.1 Å². The van der Waals surface area contributed by atoms with Gasteiger partial charge >= 0.3 is 0 Å². The minimum Gasteiger partial charge on any atom is -0.332 e. The van der Waals surface area contributed by atoms with Crippen LogP contribution in [0.15, 0.2) is 6.20 Å². The number of aromatic nitrogens is 2. The molecule has 0 aliphatic carbocycles. The fourth-order valence-corrected chi connectivity index (χ4v) is 2.26. The lowest BCUT2D eigenvalue weighted by molar-refractivity contribution is 0.400. The molecule has 0 aromatic carbocycles. The minimum absolute atomic E-state index is 0.687. The average molecular weight is 177 g/mol. The summed E-state index contributed by atoms with van der Waals surface area (Å²) in [6.45, 7) is 3.44. The molecule has 1 N–H and O–H groups in total. The second-order valence-electron chi connectivity index (χ2n) is 4.07. The molecule has 0 bridgehead atoms. The van der Waals surface area contributed by atoms with Gasteiger partial charge in [0.1, 0.15) is 5.82 Å². The lowest BCUT2D eigenvalue weighted by atomic mass is 10.0. The van der Waals surface area contributed by atoms with E-state index in [9.17, 15) is 0 Å². The molecular weight excluding hydrogens is 162 g/mol. The normalized spacial score (nSPS) is 22.5. The molecule has 2 aliphatic heterocycles. The van der Waals surface area contributed by atoms with Crippen molar-refractivity contribution in [1.82, 2.24) is 14.9 Å². The molecule has 0 amide bonds. The lowest BCUT2D eigenvalue weighted by Crippen LogP contribution is -2.41. The fourth-order valence-electron chi connectivity index (χ4n) is 2.26. The maximum Gasteiger partial charge on any atom is 0.114 e. The number of imidazole rings is 1. The van der Waals surface area contributed by atoms with Crippen LogP contribution in [-0.2, 0) is 13.0 Å². The van der Waals surface area contributed by atoms with Gasteiger partial charge in [-0.2, -0.15) is 0 Å². The third-order valence-electron chi connectivity index (χ3n) is 3.18. The van der Waals surface area contributed by atoms with Crippen LogP contribution in [0.25, 0.3) is 0 Å². The van der Waals surface area contributed by atoms with Gasteiger partial charge in [-0.1, -0.05) is 0 Å². The number of fused-ring (bicyclic) bond motifs is 1. The summed E-state index contributed by atoms with van der Waals surface area (Å²) in [6, 6.07) is 0. The first-order valence-corrected chi connectivity index (χ1v) is 5.20. The van der Waals surface area contributed by atoms with Crippen LogP contribution in [0, 0.1) is 0 Å². The molecule has 0 radical (unpaired) electrons. The number of aryl methyl sites for hydroxylation is 1. The van der Waals surface area contributed by atoms with Crippen LogP contribution in [0.3, 0.4) is 0 Å². The Kier molecular flexibility index (Phi) is 1.65. The number of nitrogens with one attached hydrogen (secondary N) is 1. The van der Waals surface area contributed by atoms with E-state index in [-0.39, 0.29) is 0 Å². The highest BCUT2D eigenvalue weighted by atomic mass is 15.1. The van der Waals surface area contributed by atoms with Gasteiger partial charge in [0.15, 0.2) is 0 Å². The van der Waals surface area contributed by atoms with Crippen LogP contribution in [0.2, 0.25) is 0 Å². The van der Waals surface area contributed by atoms with E-state index >= 15 is 0 Å². The van der Waals surface area contributed by atoms with Gasteiger partial charge in [0.2, 0.25) is 0 Å². The van der Waals surface area contributed by atoms with Gasteiger partial charge in [-0.05, 0) is 19.3 Å². The van der Waals surface area contributed by atoms with Crippen molar-refractivity contribution >= 4 is 0 Å². The third-order valence-corrected chi connectivity index (χ3v) is 3.18. The SMILES string of the molecule is c1nc(C2CNC2)n2c1CCCC2. The van der Waals surface area contributed by atoms with Gasteiger partial charge in [0.25, 0.3) is 0 Å². The van der Waals surface area contributed by atoms with Crippen LogP contribution < -0.4 is 5.32 Å². The lowest BCUT2D eigenvalue weighted by Gasteiger charge is -2.28. The van der Waals surface area contributed by atoms with Crippen LogP contribution >= 0.6 is 0 Å². The molecule has 1 aromatic rings. The van der Waals surface area contributed by atoms with Crippen molar-refractivity contribution in [3.05, 3.63) is 17.7 Å². The van der Waals surface area contributed by atoms with Gasteiger partial charge < -0.3 is 9.88 Å². The smallest absolute Gasteiger partial charge is 0.114 e. The molecule has 1 saturated heterocycles. The summed E-state index contributed by atoms with van der Waals surface area (Å²) in [5, 5.41) is 3.30. The molecule has 3 heterocycles. The summed E-state index contributed by atoms with van der Waals surface area (Å²) in [4.78, 5) is 4.54. The van der Waals surface area contributed by atoms with E-state index in [0.29, 0.717) is 5.92 Å². The van der Waals surface area contributed by atoms with Crippen LogP contribution in [0.5, 0.6) is 0 Å². The van der Waals surface area contributed by atoms with E-state index in [4.69, 9.17) is 0 Å². The first-order chi connectivity index (χ1) is 6.45. The zero-order valence-electron chi connectivity index (χ0n) is 7.79. The molecule has 13 heavy (non-hydrogen) atoms. The van der Waals surface area contributed by atoms with E-state index in [1.165, 1.54) is 37.3 Å². The molecule has 1 fully saturated rings. The van der Waals surface area contributed by atoms with Crippen molar-refractivity contribution in [3.8, 4) is 0 Å². The highest BCUT2D eigenvalue weighted by Crippen LogP contribution is 2.23. The molecule has 3 nitrogen and oxygen atoms in total. The van der Waals surface area contributed by atoms with Gasteiger partial charge in [0.05, 0.1) is 0 Å². The maximum atomic E-state index is 4.54. The van der Waals surface area contributed by atoms with E-state index in [2.05, 4.69) is 21.1 Å². The summed E-state index contributed by atoms with van der Waals surface area (Å²) < 4.78 is 2.44. The van der Waals surface area contributed by atoms with Crippen LogP contribution in [-0.4, -0.2) is 22.6 Å². The zero-order valence-corrected chi connectivity index (χ0v) is 7.79. The Balaban J connectivity index is 1.95. The summed E-state index contributed by atoms with van der Waals surface area (Å²) >= 11 is 0. The molecule has 0 spiro atoms. The average Bonchev–Trinajstić information content (AvgIpc) is 2.47. The Bertz CT molecular complexity index is 312. The Morgan fingerprint density at radius 2 is 2.31 bits per heavy atom. The van der Waals surface area contributed by atoms with Crippen molar-refractivity contribution in [2.45, 2.75) is 31.7 Å². The monoisotopic (exact) mass is 177 g/mol. The Morgan fingerprint density at radius 1 is 1.38 bits per heavy atom. The van der Waals surface area contributed by atoms with E-state index in [1.807, 2.05) is 0 Å². The van der Waals surface area contributed by atoms with E-state index in [1.54, 1.807) is 0 Å². The van der Waals surface area contributed by atoms with Crippen molar-refractivity contribution in [2.24, 2.45) is 0 Å². The fraction of sp³-hybridized carbons (Fsp3) is 0.700. The molecule has 2 aliphatic rings. The quantitative estimate of drug-likeness (QED) is 0.691. The Labute approximate surface area is 78.2 Å². The highest BCUT2D eigenvalue weighted by molar-refractivity contribution is 5.14. The maximum absolute atomic E-state index is 4.54. The van der Waals surface area contributed by atoms with Crippen molar-refractivity contribution in [1.29, 1.82) is 0 Å². The van der Waals surface area contributed by atoms with Gasteiger partial charge in [-0.15, -0.1) is 0 Å². The third kappa shape index (κ3) is 1.10. The topological polar surface area (TPSA) is 29.9 Å². The predicted molar refractivity (Wildman–Crippen MR) is 50.8 cm³/mol. The van der Waals surface area contributed by atoms with Gasteiger partial charge in [-0.3, -0.25) is 0 Å². The second kappa shape index (κ2) is 2.84. The highest BCUT2D eigenvalue weighted by Gasteiger charge is 2.25. The predicted octanol–water partition coefficient (Wildman–Crippen LogP) is 0.906. The second-order valence-corrected chi connectivity index (χ2v) is 4.07. The van der Waals surface area contributed by atoms with Crippen LogP contribution in [0.1, 0.15) is 30.3 Å². The number of hydrogen-bond donors (Lipinski definition) is 1. The Morgan fingerprint density at radius 3 is 3.08 bits per heavy atom.